The first-order chi connectivity index (χ1) is 9.15. The molecule has 2 heterocycles. The highest BCUT2D eigenvalue weighted by atomic mass is 32.1. The molecule has 0 fully saturated rings. The topological polar surface area (TPSA) is 94.9 Å². The lowest BCUT2D eigenvalue weighted by molar-refractivity contribution is -0.383. The van der Waals surface area contributed by atoms with Gasteiger partial charge in [-0.3, -0.25) is 15.1 Å². The fourth-order valence-corrected chi connectivity index (χ4v) is 2.67. The van der Waals surface area contributed by atoms with Gasteiger partial charge in [-0.05, 0) is 18.2 Å². The van der Waals surface area contributed by atoms with Crippen molar-refractivity contribution in [2.45, 2.75) is 0 Å². The van der Waals surface area contributed by atoms with E-state index in [0.717, 1.165) is 10.2 Å². The van der Waals surface area contributed by atoms with Crippen molar-refractivity contribution in [2.24, 2.45) is 0 Å². The molecule has 0 aliphatic rings. The molecule has 0 amide bonds. The minimum atomic E-state index is -0.492. The van der Waals surface area contributed by atoms with Crippen LogP contribution in [0, 0.1) is 10.1 Å². The van der Waals surface area contributed by atoms with Gasteiger partial charge in [0.1, 0.15) is 16.2 Å². The fourth-order valence-electron chi connectivity index (χ4n) is 1.74. The molecular formula is C12H8N4O2S. The number of fused-ring (bicyclic) bond motifs is 1. The maximum absolute atomic E-state index is 10.9. The Kier molecular flexibility index (Phi) is 2.60. The van der Waals surface area contributed by atoms with Gasteiger partial charge in [0, 0.05) is 17.8 Å². The molecule has 3 aromatic rings. The van der Waals surface area contributed by atoms with Gasteiger partial charge < -0.3 is 5.73 Å². The van der Waals surface area contributed by atoms with E-state index in [-0.39, 0.29) is 11.4 Å². The van der Waals surface area contributed by atoms with E-state index in [4.69, 9.17) is 5.73 Å². The van der Waals surface area contributed by atoms with Gasteiger partial charge in [0.15, 0.2) is 0 Å². The number of hydrogen-bond acceptors (Lipinski definition) is 6. The van der Waals surface area contributed by atoms with Crippen LogP contribution < -0.4 is 5.73 Å². The van der Waals surface area contributed by atoms with Gasteiger partial charge in [-0.2, -0.15) is 0 Å². The number of nitrogens with zero attached hydrogens (tertiary/aromatic N) is 3. The summed E-state index contributed by atoms with van der Waals surface area (Å²) in [6, 6.07) is 6.56. The van der Waals surface area contributed by atoms with Crippen molar-refractivity contribution in [3.05, 3.63) is 46.8 Å². The van der Waals surface area contributed by atoms with Gasteiger partial charge >= 0.3 is 0 Å². The molecular weight excluding hydrogens is 264 g/mol. The van der Waals surface area contributed by atoms with Crippen molar-refractivity contribution < 1.29 is 4.92 Å². The second-order valence-electron chi connectivity index (χ2n) is 3.89. The van der Waals surface area contributed by atoms with E-state index in [2.05, 4.69) is 9.97 Å². The Labute approximate surface area is 111 Å². The van der Waals surface area contributed by atoms with Crippen LogP contribution in [-0.2, 0) is 0 Å². The summed E-state index contributed by atoms with van der Waals surface area (Å²) in [5.74, 6) is 0. The number of anilines is 1. The number of pyridine rings is 1. The third-order valence-corrected chi connectivity index (χ3v) is 3.75. The lowest BCUT2D eigenvalue weighted by Crippen LogP contribution is -1.95. The van der Waals surface area contributed by atoms with Crippen LogP contribution in [0.5, 0.6) is 0 Å². The van der Waals surface area contributed by atoms with Crippen LogP contribution in [0.3, 0.4) is 0 Å². The molecule has 0 atom stereocenters. The molecule has 19 heavy (non-hydrogen) atoms. The summed E-state index contributed by atoms with van der Waals surface area (Å²) >= 11 is 1.46. The molecule has 0 saturated carbocycles. The predicted molar refractivity (Wildman–Crippen MR) is 73.9 cm³/mol. The average molecular weight is 272 g/mol. The van der Waals surface area contributed by atoms with Crippen molar-refractivity contribution in [1.82, 2.24) is 9.97 Å². The van der Waals surface area contributed by atoms with E-state index in [1.54, 1.807) is 18.5 Å². The second kappa shape index (κ2) is 4.29. The summed E-state index contributed by atoms with van der Waals surface area (Å²) in [4.78, 5) is 18.8. The van der Waals surface area contributed by atoms with E-state index in [1.165, 1.54) is 23.5 Å². The van der Waals surface area contributed by atoms with E-state index in [0.29, 0.717) is 10.6 Å². The predicted octanol–water partition coefficient (Wildman–Crippen LogP) is 2.85. The lowest BCUT2D eigenvalue weighted by atomic mass is 10.2. The maximum atomic E-state index is 10.9. The summed E-state index contributed by atoms with van der Waals surface area (Å²) < 4.78 is 0.990. The van der Waals surface area contributed by atoms with Gasteiger partial charge in [-0.1, -0.05) is 0 Å². The van der Waals surface area contributed by atoms with E-state index in [1.807, 2.05) is 6.07 Å². The zero-order chi connectivity index (χ0) is 13.4. The SMILES string of the molecule is Nc1ccc(-c2nc3cnccc3s2)cc1[N+](=O)[O-]. The molecule has 0 aliphatic carbocycles. The summed E-state index contributed by atoms with van der Waals surface area (Å²) in [5.41, 5.74) is 7.08. The first-order valence-electron chi connectivity index (χ1n) is 5.40. The monoisotopic (exact) mass is 272 g/mol. The highest BCUT2D eigenvalue weighted by Crippen LogP contribution is 2.33. The highest BCUT2D eigenvalue weighted by molar-refractivity contribution is 7.21. The fraction of sp³-hybridized carbons (Fsp3) is 0. The third kappa shape index (κ3) is 2.00. The molecule has 0 radical (unpaired) electrons. The molecule has 2 N–H and O–H groups in total. The largest absolute Gasteiger partial charge is 0.393 e. The number of hydrogen-bond donors (Lipinski definition) is 1. The Morgan fingerprint density at radius 1 is 1.32 bits per heavy atom. The second-order valence-corrected chi connectivity index (χ2v) is 4.92. The Morgan fingerprint density at radius 3 is 2.89 bits per heavy atom. The number of thiazole rings is 1. The van der Waals surface area contributed by atoms with Crippen molar-refractivity contribution >= 4 is 32.9 Å². The zero-order valence-corrected chi connectivity index (χ0v) is 10.4. The third-order valence-electron chi connectivity index (χ3n) is 2.66. The number of nitro groups is 1. The van der Waals surface area contributed by atoms with Crippen molar-refractivity contribution in [3.63, 3.8) is 0 Å². The Balaban J connectivity index is 2.16. The van der Waals surface area contributed by atoms with E-state index < -0.39 is 4.92 Å². The van der Waals surface area contributed by atoms with E-state index in [9.17, 15) is 10.1 Å². The van der Waals surface area contributed by atoms with Crippen LogP contribution in [0.2, 0.25) is 0 Å². The molecule has 0 unspecified atom stereocenters. The molecule has 6 nitrogen and oxygen atoms in total. The van der Waals surface area contributed by atoms with Gasteiger partial charge in [0.25, 0.3) is 5.69 Å². The minimum Gasteiger partial charge on any atom is -0.393 e. The van der Waals surface area contributed by atoms with Crippen molar-refractivity contribution in [2.75, 3.05) is 5.73 Å². The first-order valence-corrected chi connectivity index (χ1v) is 6.21. The van der Waals surface area contributed by atoms with Gasteiger partial charge in [-0.15, -0.1) is 11.3 Å². The standard InChI is InChI=1S/C12H8N4O2S/c13-8-2-1-7(5-10(8)16(17)18)12-15-9-6-14-4-3-11(9)19-12/h1-6H,13H2. The minimum absolute atomic E-state index is 0.102. The number of benzene rings is 1. The first kappa shape index (κ1) is 11.5. The molecule has 0 saturated heterocycles. The van der Waals surface area contributed by atoms with Crippen LogP contribution in [0.15, 0.2) is 36.7 Å². The highest BCUT2D eigenvalue weighted by Gasteiger charge is 2.14. The van der Waals surface area contributed by atoms with Crippen molar-refractivity contribution in [3.8, 4) is 10.6 Å². The number of nitro benzene ring substituents is 1. The number of nitrogen functional groups attached to an aromatic ring is 1. The zero-order valence-electron chi connectivity index (χ0n) is 9.61. The molecule has 7 heteroatoms. The molecule has 1 aromatic carbocycles. The average Bonchev–Trinajstić information content (AvgIpc) is 2.82. The molecule has 94 valence electrons. The lowest BCUT2D eigenvalue weighted by Gasteiger charge is -1.99. The Bertz CT molecular complexity index is 751. The van der Waals surface area contributed by atoms with Crippen LogP contribution in [0.1, 0.15) is 0 Å². The summed E-state index contributed by atoms with van der Waals surface area (Å²) in [6.07, 6.45) is 3.36. The molecule has 3 rings (SSSR count). The van der Waals surface area contributed by atoms with Crippen LogP contribution in [0.4, 0.5) is 11.4 Å². The van der Waals surface area contributed by atoms with E-state index >= 15 is 0 Å². The summed E-state index contributed by atoms with van der Waals surface area (Å²) in [6.45, 7) is 0. The number of rotatable bonds is 2. The molecule has 2 aromatic heterocycles. The van der Waals surface area contributed by atoms with Gasteiger partial charge in [0.05, 0.1) is 15.8 Å². The number of aromatic nitrogens is 2. The van der Waals surface area contributed by atoms with Crippen LogP contribution in [0.25, 0.3) is 20.8 Å². The molecule has 0 aliphatic heterocycles. The van der Waals surface area contributed by atoms with Gasteiger partial charge in [0.2, 0.25) is 0 Å². The van der Waals surface area contributed by atoms with Crippen molar-refractivity contribution in [1.29, 1.82) is 0 Å². The van der Waals surface area contributed by atoms with Crippen LogP contribution in [-0.4, -0.2) is 14.9 Å². The Hall–Kier alpha value is -2.54. The maximum Gasteiger partial charge on any atom is 0.292 e. The van der Waals surface area contributed by atoms with Crippen LogP contribution >= 0.6 is 11.3 Å². The molecule has 0 spiro atoms. The smallest absolute Gasteiger partial charge is 0.292 e. The van der Waals surface area contributed by atoms with Gasteiger partial charge in [-0.25, -0.2) is 4.98 Å². The Morgan fingerprint density at radius 2 is 2.16 bits per heavy atom. The molecule has 0 bridgehead atoms. The number of nitrogens with two attached hydrogens (primary N) is 1. The summed E-state index contributed by atoms with van der Waals surface area (Å²) in [7, 11) is 0. The normalized spacial score (nSPS) is 10.7. The quantitative estimate of drug-likeness (QED) is 0.439. The summed E-state index contributed by atoms with van der Waals surface area (Å²) in [5, 5.41) is 11.6.